The molecule has 5 aromatic rings. The van der Waals surface area contributed by atoms with Crippen LogP contribution < -0.4 is 0 Å². The number of hydrogen-bond donors (Lipinski definition) is 0. The van der Waals surface area contributed by atoms with Crippen molar-refractivity contribution in [3.63, 3.8) is 0 Å². The Kier molecular flexibility index (Phi) is 12.8. The van der Waals surface area contributed by atoms with Crippen LogP contribution in [0.5, 0.6) is 0 Å². The number of rotatable bonds is 0. The van der Waals surface area contributed by atoms with Crippen LogP contribution >= 0.6 is 0 Å². The summed E-state index contributed by atoms with van der Waals surface area (Å²) in [6.45, 7) is 7.44. The zero-order chi connectivity index (χ0) is 24.4. The van der Waals surface area contributed by atoms with Crippen molar-refractivity contribution < 1.29 is 20.0 Å². The van der Waals surface area contributed by atoms with E-state index in [0.717, 1.165) is 17.5 Å². The second kappa shape index (κ2) is 16.2. The molecule has 6 rings (SSSR count). The molecule has 0 atom stereocenters. The van der Waals surface area contributed by atoms with Gasteiger partial charge in [0.2, 0.25) is 0 Å². The summed E-state index contributed by atoms with van der Waals surface area (Å²) < 4.78 is 0. The van der Waals surface area contributed by atoms with Crippen LogP contribution in [-0.2, 0) is 20.0 Å². The minimum Gasteiger partial charge on any atom is -0.126 e. The van der Waals surface area contributed by atoms with Crippen molar-refractivity contribution in [1.82, 2.24) is 0 Å². The second-order valence-corrected chi connectivity index (χ2v) is 7.29. The van der Waals surface area contributed by atoms with E-state index in [2.05, 4.69) is 85.4 Å². The van der Waals surface area contributed by atoms with Crippen LogP contribution in [0.4, 0.5) is 0 Å². The zero-order valence-corrected chi connectivity index (χ0v) is 21.1. The van der Waals surface area contributed by atoms with Crippen molar-refractivity contribution in [1.29, 1.82) is 0 Å². The quantitative estimate of drug-likeness (QED) is 0.156. The average Bonchev–Trinajstić information content (AvgIpc) is 3.59. The molecule has 1 aliphatic carbocycles. The van der Waals surface area contributed by atoms with Gasteiger partial charge in [-0.2, -0.15) is 55.3 Å². The maximum absolute atomic E-state index is 3.72. The van der Waals surface area contributed by atoms with Crippen molar-refractivity contribution in [2.75, 3.05) is 0 Å². The Morgan fingerprint density at radius 1 is 0.618 bits per heavy atom. The maximum atomic E-state index is 3.72. The Morgan fingerprint density at radius 3 is 1.32 bits per heavy atom. The molecule has 0 saturated heterocycles. The smallest absolute Gasteiger partial charge is 0.0771 e. The summed E-state index contributed by atoms with van der Waals surface area (Å²) in [5.41, 5.74) is 2.14. The molecular formula is C33H30Ti-4. The van der Waals surface area contributed by atoms with Gasteiger partial charge in [-0.1, -0.05) is 48.5 Å². The molecule has 0 heterocycles. The molecule has 1 heteroatoms. The van der Waals surface area contributed by atoms with Crippen LogP contribution in [0.25, 0.3) is 21.5 Å². The summed E-state index contributed by atoms with van der Waals surface area (Å²) in [6, 6.07) is 39.0. The van der Waals surface area contributed by atoms with Gasteiger partial charge in [-0.05, 0) is 0 Å². The third-order valence-corrected chi connectivity index (χ3v) is 4.79. The third kappa shape index (κ3) is 9.59. The van der Waals surface area contributed by atoms with E-state index in [-0.39, 0.29) is 0 Å². The van der Waals surface area contributed by atoms with Gasteiger partial charge in [-0.3, -0.25) is 6.08 Å². The Bertz CT molecular complexity index is 1160. The van der Waals surface area contributed by atoms with Crippen molar-refractivity contribution in [3.8, 4) is 0 Å². The summed E-state index contributed by atoms with van der Waals surface area (Å²) in [4.78, 5) is 3.25. The molecule has 34 heavy (non-hydrogen) atoms. The molecule has 0 unspecified atom stereocenters. The van der Waals surface area contributed by atoms with Crippen LogP contribution in [0.2, 0.25) is 0 Å². The number of allylic oxidation sites excluding steroid dienone is 4. The van der Waals surface area contributed by atoms with Gasteiger partial charge in [0.15, 0.2) is 0 Å². The maximum Gasteiger partial charge on any atom is -0.0771 e. The van der Waals surface area contributed by atoms with Crippen LogP contribution in [0.1, 0.15) is 17.5 Å². The molecule has 0 fully saturated rings. The topological polar surface area (TPSA) is 0 Å². The predicted octanol–water partition coefficient (Wildman–Crippen LogP) is 8.72. The predicted molar refractivity (Wildman–Crippen MR) is 148 cm³/mol. The number of fused-ring (bicyclic) bond motifs is 3. The normalized spacial score (nSPS) is 10.4. The zero-order valence-electron chi connectivity index (χ0n) is 19.5. The van der Waals surface area contributed by atoms with Crippen LogP contribution in [0.3, 0.4) is 0 Å². The van der Waals surface area contributed by atoms with E-state index in [1.807, 2.05) is 72.8 Å². The fourth-order valence-corrected chi connectivity index (χ4v) is 3.20. The first kappa shape index (κ1) is 26.8. The molecule has 0 spiro atoms. The SMILES string of the molecule is [C-]1=CC=CC1.[CH2-]c1ccccc1.[CH2-]c1ccccc1.[CH2]=[Ti].c1ccc2c(c1)[cH-]c1ccccc12. The molecule has 0 radical (unpaired) electrons. The summed E-state index contributed by atoms with van der Waals surface area (Å²) in [5, 5.41) is 5.39. The van der Waals surface area contributed by atoms with Crippen LogP contribution in [0.15, 0.2) is 133 Å². The van der Waals surface area contributed by atoms with E-state index >= 15 is 0 Å². The van der Waals surface area contributed by atoms with Crippen molar-refractivity contribution in [3.05, 3.63) is 165 Å². The standard InChI is InChI=1S/C13H9.2C7H7.C5H5.CH2.Ti/c1-3-7-12-10(5-1)9-11-6-2-4-8-13(11)12;2*1-7-5-3-2-4-6-7;1-2-4-5-3-1;;/h1-9H;2*2-6H,1H2;1-3H,4H2;1H2;/q4*-1;;. The summed E-state index contributed by atoms with van der Waals surface area (Å²) >= 11 is 1.75. The monoisotopic (exact) mass is 474 g/mol. The largest absolute Gasteiger partial charge is 0.126 e. The fraction of sp³-hybridized carbons (Fsp3) is 0.0303. The molecule has 0 nitrogen and oxygen atoms in total. The molecule has 0 bridgehead atoms. The summed E-state index contributed by atoms with van der Waals surface area (Å²) in [6.07, 6.45) is 10.0. The van der Waals surface area contributed by atoms with Gasteiger partial charge in [-0.25, -0.2) is 12.2 Å². The van der Waals surface area contributed by atoms with Gasteiger partial charge >= 0.3 is 24.8 Å². The van der Waals surface area contributed by atoms with Gasteiger partial charge in [0.05, 0.1) is 0 Å². The van der Waals surface area contributed by atoms with E-state index in [1.165, 1.54) is 21.5 Å². The molecule has 0 amide bonds. The first-order chi connectivity index (χ1) is 16.7. The van der Waals surface area contributed by atoms with E-state index < -0.39 is 0 Å². The second-order valence-electron chi connectivity index (χ2n) is 7.29. The number of benzene rings is 4. The van der Waals surface area contributed by atoms with E-state index in [9.17, 15) is 0 Å². The van der Waals surface area contributed by atoms with Crippen LogP contribution in [0, 0.1) is 19.9 Å². The minimum absolute atomic E-state index is 1.01. The Morgan fingerprint density at radius 2 is 1.03 bits per heavy atom. The molecule has 0 aliphatic heterocycles. The van der Waals surface area contributed by atoms with E-state index in [0.29, 0.717) is 0 Å². The minimum atomic E-state index is 1.01. The molecule has 0 aromatic heterocycles. The fourth-order valence-electron chi connectivity index (χ4n) is 3.20. The van der Waals surface area contributed by atoms with Crippen molar-refractivity contribution >= 4 is 26.4 Å². The summed E-state index contributed by atoms with van der Waals surface area (Å²) in [7, 11) is 0. The third-order valence-electron chi connectivity index (χ3n) is 4.79. The Labute approximate surface area is 216 Å². The molecule has 0 N–H and O–H groups in total. The molecule has 5 aromatic carbocycles. The Balaban J connectivity index is 0.000000168. The molecule has 0 saturated carbocycles. The van der Waals surface area contributed by atoms with Gasteiger partial charge in [-0.15, -0.1) is 70.4 Å². The van der Waals surface area contributed by atoms with Gasteiger partial charge in [0.1, 0.15) is 0 Å². The Hall–Kier alpha value is -3.45. The van der Waals surface area contributed by atoms with E-state index in [4.69, 9.17) is 0 Å². The molecule has 1 aliphatic rings. The van der Waals surface area contributed by atoms with Gasteiger partial charge in [0.25, 0.3) is 0 Å². The van der Waals surface area contributed by atoms with Crippen molar-refractivity contribution in [2.24, 2.45) is 0 Å². The van der Waals surface area contributed by atoms with Gasteiger partial charge < -0.3 is 0 Å². The average molecular weight is 474 g/mol. The summed E-state index contributed by atoms with van der Waals surface area (Å²) in [5.74, 6) is 0. The first-order valence-electron chi connectivity index (χ1n) is 11.1. The van der Waals surface area contributed by atoms with Gasteiger partial charge in [0, 0.05) is 0 Å². The molecule has 170 valence electrons. The first-order valence-corrected chi connectivity index (χ1v) is 12.2. The molecular weight excluding hydrogens is 444 g/mol. The van der Waals surface area contributed by atoms with Crippen molar-refractivity contribution in [2.45, 2.75) is 6.42 Å². The van der Waals surface area contributed by atoms with E-state index in [1.54, 1.807) is 20.0 Å². The van der Waals surface area contributed by atoms with Crippen LogP contribution in [-0.4, -0.2) is 4.82 Å². The number of hydrogen-bond acceptors (Lipinski definition) is 0.